The summed E-state index contributed by atoms with van der Waals surface area (Å²) in [5.74, 6) is -1.06. The molecule has 0 aliphatic heterocycles. The Morgan fingerprint density at radius 3 is 2.33 bits per heavy atom. The van der Waals surface area contributed by atoms with E-state index in [1.165, 1.54) is 13.2 Å². The summed E-state index contributed by atoms with van der Waals surface area (Å²) in [5.41, 5.74) is 0.366. The number of ether oxygens (including phenoxy) is 1. The highest BCUT2D eigenvalue weighted by Crippen LogP contribution is 2.42. The molecule has 2 aromatic carbocycles. The molecule has 0 aromatic heterocycles. The van der Waals surface area contributed by atoms with Gasteiger partial charge in [-0.1, -0.05) is 23.2 Å². The van der Waals surface area contributed by atoms with E-state index in [4.69, 9.17) is 39.5 Å². The Hall–Kier alpha value is -0.550. The average molecular weight is 416 g/mol. The van der Waals surface area contributed by atoms with Crippen molar-refractivity contribution in [2.75, 3.05) is 7.11 Å². The van der Waals surface area contributed by atoms with Gasteiger partial charge in [0.25, 0.3) is 0 Å². The van der Waals surface area contributed by atoms with Gasteiger partial charge in [0.2, 0.25) is 0 Å². The maximum atomic E-state index is 14.0. The summed E-state index contributed by atoms with van der Waals surface area (Å²) in [7, 11) is 1.44. The fourth-order valence-electron chi connectivity index (χ4n) is 1.88. The summed E-state index contributed by atoms with van der Waals surface area (Å²) >= 11 is 21.1. The number of methoxy groups -OCH3 is 1. The van der Waals surface area contributed by atoms with E-state index in [2.05, 4.69) is 15.9 Å². The first-order valence-electron chi connectivity index (χ1n) is 5.66. The zero-order chi connectivity index (χ0) is 15.7. The monoisotopic (exact) mass is 414 g/mol. The van der Waals surface area contributed by atoms with Crippen molar-refractivity contribution in [3.8, 4) is 5.75 Å². The van der Waals surface area contributed by atoms with Gasteiger partial charge < -0.3 is 4.74 Å². The summed E-state index contributed by atoms with van der Waals surface area (Å²) in [5, 5.41) is -0.903. The van der Waals surface area contributed by atoms with Crippen molar-refractivity contribution in [2.24, 2.45) is 0 Å². The first kappa shape index (κ1) is 16.8. The SMILES string of the molecule is COc1c(Br)cc(Cl)cc1C(Cl)c1cc(F)c(Cl)cc1F. The van der Waals surface area contributed by atoms with Crippen LogP contribution in [0.15, 0.2) is 28.7 Å². The minimum Gasteiger partial charge on any atom is -0.495 e. The van der Waals surface area contributed by atoms with Gasteiger partial charge in [0.1, 0.15) is 17.4 Å². The fraction of sp³-hybridized carbons (Fsp3) is 0.143. The van der Waals surface area contributed by atoms with Crippen molar-refractivity contribution in [1.29, 1.82) is 0 Å². The number of hydrogen-bond acceptors (Lipinski definition) is 1. The topological polar surface area (TPSA) is 9.23 Å². The highest BCUT2D eigenvalue weighted by Gasteiger charge is 2.23. The minimum atomic E-state index is -0.985. The van der Waals surface area contributed by atoms with Crippen molar-refractivity contribution in [3.05, 3.63) is 61.5 Å². The van der Waals surface area contributed by atoms with Gasteiger partial charge in [-0.15, -0.1) is 11.6 Å². The molecular formula is C14H8BrCl3F2O. The van der Waals surface area contributed by atoms with Crippen molar-refractivity contribution < 1.29 is 13.5 Å². The van der Waals surface area contributed by atoms with Crippen molar-refractivity contribution in [3.63, 3.8) is 0 Å². The summed E-state index contributed by atoms with van der Waals surface area (Å²) in [4.78, 5) is 0. The smallest absolute Gasteiger partial charge is 0.142 e. The van der Waals surface area contributed by atoms with Crippen LogP contribution in [0.5, 0.6) is 5.75 Å². The molecule has 0 aliphatic carbocycles. The molecule has 2 rings (SSSR count). The van der Waals surface area contributed by atoms with E-state index in [0.29, 0.717) is 20.8 Å². The summed E-state index contributed by atoms with van der Waals surface area (Å²) in [6.45, 7) is 0. The van der Waals surface area contributed by atoms with Crippen LogP contribution >= 0.6 is 50.7 Å². The molecule has 21 heavy (non-hydrogen) atoms. The second-order valence-corrected chi connectivity index (χ2v) is 6.29. The Kier molecular flexibility index (Phi) is 5.36. The first-order chi connectivity index (χ1) is 9.85. The molecule has 0 aliphatic rings. The molecule has 0 spiro atoms. The van der Waals surface area contributed by atoms with Crippen LogP contribution in [0.2, 0.25) is 10.0 Å². The van der Waals surface area contributed by atoms with E-state index in [9.17, 15) is 8.78 Å². The van der Waals surface area contributed by atoms with Crippen molar-refractivity contribution >= 4 is 50.7 Å². The third-order valence-corrected chi connectivity index (χ3v) is 4.39. The van der Waals surface area contributed by atoms with Crippen LogP contribution in [0.1, 0.15) is 16.5 Å². The normalized spacial score (nSPS) is 12.3. The van der Waals surface area contributed by atoms with Crippen LogP contribution in [0, 0.1) is 11.6 Å². The lowest BCUT2D eigenvalue weighted by Gasteiger charge is -2.17. The Morgan fingerprint density at radius 2 is 1.71 bits per heavy atom. The molecule has 0 N–H and O–H groups in total. The van der Waals surface area contributed by atoms with E-state index in [-0.39, 0.29) is 10.6 Å². The van der Waals surface area contributed by atoms with E-state index < -0.39 is 17.0 Å². The van der Waals surface area contributed by atoms with Crippen molar-refractivity contribution in [1.82, 2.24) is 0 Å². The molecular weight excluding hydrogens is 408 g/mol. The lowest BCUT2D eigenvalue weighted by molar-refractivity contribution is 0.407. The molecule has 0 bridgehead atoms. The molecule has 7 heteroatoms. The van der Waals surface area contributed by atoms with Gasteiger partial charge in [-0.2, -0.15) is 0 Å². The Labute approximate surface area is 143 Å². The van der Waals surface area contributed by atoms with E-state index >= 15 is 0 Å². The van der Waals surface area contributed by atoms with Gasteiger partial charge in [0, 0.05) is 16.1 Å². The molecule has 1 unspecified atom stereocenters. The van der Waals surface area contributed by atoms with Crippen LogP contribution in [0.3, 0.4) is 0 Å². The van der Waals surface area contributed by atoms with Gasteiger partial charge in [0.15, 0.2) is 0 Å². The zero-order valence-corrected chi connectivity index (χ0v) is 14.4. The Balaban J connectivity index is 2.60. The molecule has 0 heterocycles. The maximum absolute atomic E-state index is 14.0. The predicted molar refractivity (Wildman–Crippen MR) is 84.8 cm³/mol. The number of rotatable bonds is 3. The second-order valence-electron chi connectivity index (χ2n) is 4.16. The van der Waals surface area contributed by atoms with Gasteiger partial charge >= 0.3 is 0 Å². The van der Waals surface area contributed by atoms with Crippen LogP contribution in [0.25, 0.3) is 0 Å². The van der Waals surface area contributed by atoms with Crippen molar-refractivity contribution in [2.45, 2.75) is 5.38 Å². The van der Waals surface area contributed by atoms with E-state index in [1.807, 2.05) is 0 Å². The zero-order valence-electron chi connectivity index (χ0n) is 10.6. The van der Waals surface area contributed by atoms with E-state index in [1.54, 1.807) is 6.07 Å². The average Bonchev–Trinajstić information content (AvgIpc) is 2.41. The lowest BCUT2D eigenvalue weighted by atomic mass is 10.0. The van der Waals surface area contributed by atoms with Crippen LogP contribution in [-0.2, 0) is 0 Å². The summed E-state index contributed by atoms with van der Waals surface area (Å²) in [6.07, 6.45) is 0. The van der Waals surface area contributed by atoms with Crippen LogP contribution in [-0.4, -0.2) is 7.11 Å². The van der Waals surface area contributed by atoms with Crippen LogP contribution in [0.4, 0.5) is 8.78 Å². The maximum Gasteiger partial charge on any atom is 0.142 e. The molecule has 0 amide bonds. The van der Waals surface area contributed by atoms with Gasteiger partial charge in [0.05, 0.1) is 22.0 Å². The quantitative estimate of drug-likeness (QED) is 0.417. The minimum absolute atomic E-state index is 0.0500. The lowest BCUT2D eigenvalue weighted by Crippen LogP contribution is -2.02. The number of halogens is 6. The Bertz CT molecular complexity index is 694. The molecule has 2 aromatic rings. The van der Waals surface area contributed by atoms with Gasteiger partial charge in [-0.3, -0.25) is 0 Å². The molecule has 1 atom stereocenters. The fourth-order valence-corrected chi connectivity index (χ4v) is 3.36. The standard InChI is InChI=1S/C14H8BrCl3F2O/c1-21-14-8(2-6(16)3-9(14)15)13(18)7-4-12(20)10(17)5-11(7)19/h2-5,13H,1H3. The highest BCUT2D eigenvalue weighted by molar-refractivity contribution is 9.10. The Morgan fingerprint density at radius 1 is 1.05 bits per heavy atom. The third kappa shape index (κ3) is 3.45. The molecule has 112 valence electrons. The molecule has 0 saturated heterocycles. The van der Waals surface area contributed by atoms with Gasteiger partial charge in [-0.25, -0.2) is 8.78 Å². The first-order valence-corrected chi connectivity index (χ1v) is 7.65. The number of benzene rings is 2. The van der Waals surface area contributed by atoms with E-state index in [0.717, 1.165) is 12.1 Å². The molecule has 0 radical (unpaired) electrons. The summed E-state index contributed by atoms with van der Waals surface area (Å²) < 4.78 is 33.3. The van der Waals surface area contributed by atoms with Crippen LogP contribution < -0.4 is 4.74 Å². The highest BCUT2D eigenvalue weighted by atomic mass is 79.9. The summed E-state index contributed by atoms with van der Waals surface area (Å²) in [6, 6.07) is 5.00. The molecule has 1 nitrogen and oxygen atoms in total. The number of hydrogen-bond donors (Lipinski definition) is 0. The second kappa shape index (κ2) is 6.69. The molecule has 0 fully saturated rings. The molecule has 0 saturated carbocycles. The predicted octanol–water partition coefficient (Wildman–Crippen LogP) is 6.37. The van der Waals surface area contributed by atoms with Gasteiger partial charge in [-0.05, 0) is 40.2 Å². The third-order valence-electron chi connectivity index (χ3n) is 2.83. The largest absolute Gasteiger partial charge is 0.495 e. The number of alkyl halides is 1.